The van der Waals surface area contributed by atoms with Gasteiger partial charge < -0.3 is 20.4 Å². The number of amides is 2. The molecular formula is C26H34ClNO6. The van der Waals surface area contributed by atoms with Gasteiger partial charge in [-0.15, -0.1) is 0 Å². The van der Waals surface area contributed by atoms with Crippen LogP contribution in [-0.4, -0.2) is 63.0 Å². The summed E-state index contributed by atoms with van der Waals surface area (Å²) in [6.45, 7) is 3.51. The number of likely N-dealkylation sites (tertiary alicyclic amines) is 1. The van der Waals surface area contributed by atoms with Crippen molar-refractivity contribution in [2.24, 2.45) is 17.8 Å². The van der Waals surface area contributed by atoms with Crippen LogP contribution in [-0.2, 0) is 9.59 Å². The molecule has 2 amide bonds. The van der Waals surface area contributed by atoms with Crippen molar-refractivity contribution in [3.63, 3.8) is 0 Å². The number of halogens is 1. The third-order valence-electron chi connectivity index (χ3n) is 7.01. The quantitative estimate of drug-likeness (QED) is 0.294. The first-order chi connectivity index (χ1) is 16.3. The lowest BCUT2D eigenvalue weighted by molar-refractivity contribution is -0.140. The molecule has 1 aromatic carbocycles. The number of rotatable bonds is 10. The molecule has 0 radical (unpaired) electrons. The molecule has 7 nitrogen and oxygen atoms in total. The van der Waals surface area contributed by atoms with Crippen molar-refractivity contribution in [1.82, 2.24) is 4.90 Å². The number of aliphatic hydroxyl groups excluding tert-OH is 3. The fourth-order valence-corrected chi connectivity index (χ4v) is 5.53. The summed E-state index contributed by atoms with van der Waals surface area (Å²) >= 11 is 6.22. The predicted octanol–water partition coefficient (Wildman–Crippen LogP) is 3.29. The lowest BCUT2D eigenvalue weighted by Gasteiger charge is -2.36. The maximum atomic E-state index is 13.0. The van der Waals surface area contributed by atoms with Crippen LogP contribution in [0.1, 0.15) is 51.5 Å². The Kier molecular flexibility index (Phi) is 8.93. The van der Waals surface area contributed by atoms with Gasteiger partial charge in [0.15, 0.2) is 0 Å². The van der Waals surface area contributed by atoms with Gasteiger partial charge in [0.25, 0.3) is 0 Å². The van der Waals surface area contributed by atoms with E-state index >= 15 is 0 Å². The molecule has 4 atom stereocenters. The van der Waals surface area contributed by atoms with E-state index in [2.05, 4.69) is 0 Å². The molecule has 3 rings (SSSR count). The average Bonchev–Trinajstić information content (AvgIpc) is 3.06. The monoisotopic (exact) mass is 491 g/mol. The lowest BCUT2D eigenvalue weighted by atomic mass is 9.68. The number of carbonyl (C=O) groups is 2. The van der Waals surface area contributed by atoms with Crippen LogP contribution in [0.2, 0.25) is 5.02 Å². The number of aliphatic hydroxyl groups is 3. The topological polar surface area (TPSA) is 118 Å². The number of hydrogen-bond donors (Lipinski definition) is 4. The molecule has 1 saturated heterocycles. The zero-order valence-corrected chi connectivity index (χ0v) is 20.5. The summed E-state index contributed by atoms with van der Waals surface area (Å²) in [5, 5.41) is 41.4. The summed E-state index contributed by atoms with van der Waals surface area (Å²) in [4.78, 5) is 27.1. The minimum Gasteiger partial charge on any atom is -0.508 e. The SMILES string of the molecule is CCCN1C(=O)[C@@H]2[C@@H](CC(CO)=C([C@H](O)CC/C(=C/c3ccc(O)cc3Cl)CC)[C@@H]2CO)C1=O. The van der Waals surface area contributed by atoms with Crippen LogP contribution in [0.3, 0.4) is 0 Å². The molecule has 0 bridgehead atoms. The van der Waals surface area contributed by atoms with E-state index in [1.807, 2.05) is 19.9 Å². The summed E-state index contributed by atoms with van der Waals surface area (Å²) < 4.78 is 0. The zero-order valence-electron chi connectivity index (χ0n) is 19.7. The second-order valence-electron chi connectivity index (χ2n) is 9.09. The van der Waals surface area contributed by atoms with E-state index in [-0.39, 0.29) is 37.2 Å². The van der Waals surface area contributed by atoms with Crippen molar-refractivity contribution in [3.05, 3.63) is 45.5 Å². The molecule has 1 heterocycles. The smallest absolute Gasteiger partial charge is 0.233 e. The third kappa shape index (κ3) is 5.23. The maximum absolute atomic E-state index is 13.0. The Morgan fingerprint density at radius 1 is 1.24 bits per heavy atom. The van der Waals surface area contributed by atoms with Gasteiger partial charge in [0.2, 0.25) is 11.8 Å². The predicted molar refractivity (Wildman–Crippen MR) is 130 cm³/mol. The van der Waals surface area contributed by atoms with Crippen LogP contribution in [0.5, 0.6) is 5.75 Å². The first kappa shape index (κ1) is 26.4. The molecule has 186 valence electrons. The molecule has 4 N–H and O–H groups in total. The molecule has 1 aliphatic heterocycles. The van der Waals surface area contributed by atoms with Crippen molar-refractivity contribution < 1.29 is 30.0 Å². The average molecular weight is 492 g/mol. The number of carbonyl (C=O) groups excluding carboxylic acids is 2. The van der Waals surface area contributed by atoms with E-state index in [9.17, 15) is 30.0 Å². The van der Waals surface area contributed by atoms with E-state index in [0.29, 0.717) is 42.0 Å². The molecule has 1 aromatic rings. The van der Waals surface area contributed by atoms with Gasteiger partial charge in [0.1, 0.15) is 5.75 Å². The summed E-state index contributed by atoms with van der Waals surface area (Å²) in [6.07, 6.45) is 3.43. The van der Waals surface area contributed by atoms with Gasteiger partial charge in [-0.2, -0.15) is 0 Å². The van der Waals surface area contributed by atoms with E-state index in [1.165, 1.54) is 11.0 Å². The van der Waals surface area contributed by atoms with Gasteiger partial charge in [-0.1, -0.05) is 37.1 Å². The summed E-state index contributed by atoms with van der Waals surface area (Å²) in [5.41, 5.74) is 2.83. The van der Waals surface area contributed by atoms with Gasteiger partial charge in [-0.05, 0) is 67.0 Å². The number of hydrogen-bond acceptors (Lipinski definition) is 6. The fourth-order valence-electron chi connectivity index (χ4n) is 5.30. The van der Waals surface area contributed by atoms with Crippen molar-refractivity contribution in [3.8, 4) is 5.75 Å². The van der Waals surface area contributed by atoms with Gasteiger partial charge in [0, 0.05) is 12.5 Å². The highest BCUT2D eigenvalue weighted by atomic mass is 35.5. The molecular weight excluding hydrogens is 458 g/mol. The maximum Gasteiger partial charge on any atom is 0.233 e. The van der Waals surface area contributed by atoms with Crippen LogP contribution in [0.4, 0.5) is 0 Å². The van der Waals surface area contributed by atoms with E-state index in [0.717, 1.165) is 17.6 Å². The van der Waals surface area contributed by atoms with Crippen LogP contribution < -0.4 is 0 Å². The van der Waals surface area contributed by atoms with Gasteiger partial charge in [-0.3, -0.25) is 14.5 Å². The Bertz CT molecular complexity index is 988. The molecule has 0 unspecified atom stereocenters. The van der Waals surface area contributed by atoms with E-state index in [1.54, 1.807) is 12.1 Å². The largest absolute Gasteiger partial charge is 0.508 e. The molecule has 1 aliphatic carbocycles. The fraction of sp³-hybridized carbons (Fsp3) is 0.538. The first-order valence-electron chi connectivity index (χ1n) is 11.9. The van der Waals surface area contributed by atoms with Crippen LogP contribution in [0, 0.1) is 17.8 Å². The van der Waals surface area contributed by atoms with Gasteiger partial charge in [-0.25, -0.2) is 0 Å². The number of phenols is 1. The van der Waals surface area contributed by atoms with Crippen molar-refractivity contribution in [1.29, 1.82) is 0 Å². The van der Waals surface area contributed by atoms with Crippen LogP contribution >= 0.6 is 11.6 Å². The van der Waals surface area contributed by atoms with Crippen molar-refractivity contribution >= 4 is 29.5 Å². The Hall–Kier alpha value is -2.19. The number of imide groups is 1. The number of fused-ring (bicyclic) bond motifs is 1. The van der Waals surface area contributed by atoms with E-state index in [4.69, 9.17) is 11.6 Å². The van der Waals surface area contributed by atoms with Crippen molar-refractivity contribution in [2.75, 3.05) is 19.8 Å². The highest BCUT2D eigenvalue weighted by Gasteiger charge is 2.54. The minimum absolute atomic E-state index is 0.0854. The van der Waals surface area contributed by atoms with Crippen LogP contribution in [0.15, 0.2) is 34.9 Å². The van der Waals surface area contributed by atoms with Crippen molar-refractivity contribution in [2.45, 2.75) is 52.1 Å². The molecule has 0 spiro atoms. The molecule has 0 aromatic heterocycles. The standard InChI is InChI=1S/C26H34ClNO6/c1-3-9-28-25(33)19-11-17(13-29)23(20(14-30)24(19)26(28)34)22(32)8-5-15(4-2)10-16-6-7-18(31)12-21(16)27/h6-7,10,12,19-20,22,24,29-32H,3-5,8-9,11,13-14H2,1-2H3/b15-10+/t19-,20+,22-,24-/m1/s1. The van der Waals surface area contributed by atoms with Gasteiger partial charge >= 0.3 is 0 Å². The lowest BCUT2D eigenvalue weighted by Crippen LogP contribution is -2.39. The summed E-state index contributed by atoms with van der Waals surface area (Å²) in [7, 11) is 0. The zero-order chi connectivity index (χ0) is 25.0. The Morgan fingerprint density at radius 2 is 1.97 bits per heavy atom. The molecule has 2 aliphatic rings. The second kappa shape index (κ2) is 11.5. The highest BCUT2D eigenvalue weighted by molar-refractivity contribution is 6.32. The highest BCUT2D eigenvalue weighted by Crippen LogP contribution is 2.46. The number of phenolic OH excluding ortho intramolecular Hbond substituents is 1. The Morgan fingerprint density at radius 3 is 2.56 bits per heavy atom. The molecule has 8 heteroatoms. The number of aromatic hydroxyl groups is 1. The number of allylic oxidation sites excluding steroid dienone is 1. The normalized spacial score (nSPS) is 24.1. The Labute approximate surface area is 205 Å². The number of nitrogens with zero attached hydrogens (tertiary/aromatic N) is 1. The summed E-state index contributed by atoms with van der Waals surface area (Å²) in [5.74, 6) is -2.47. The second-order valence-corrected chi connectivity index (χ2v) is 9.49. The molecule has 1 fully saturated rings. The Balaban J connectivity index is 1.82. The van der Waals surface area contributed by atoms with Gasteiger partial charge in [0.05, 0.1) is 36.2 Å². The van der Waals surface area contributed by atoms with Crippen LogP contribution in [0.25, 0.3) is 6.08 Å². The molecule has 0 saturated carbocycles. The molecule has 34 heavy (non-hydrogen) atoms. The van der Waals surface area contributed by atoms with E-state index < -0.39 is 23.9 Å². The first-order valence-corrected chi connectivity index (χ1v) is 12.3. The number of benzene rings is 1. The minimum atomic E-state index is -0.964. The summed E-state index contributed by atoms with van der Waals surface area (Å²) in [6, 6.07) is 4.76. The third-order valence-corrected chi connectivity index (χ3v) is 7.33.